The molecule has 0 saturated carbocycles. The molecule has 0 bridgehead atoms. The first kappa shape index (κ1) is 19.7. The number of H-pyrrole nitrogens is 1. The number of anilines is 1. The fourth-order valence-corrected chi connectivity index (χ4v) is 3.59. The van der Waals surface area contributed by atoms with Crippen molar-refractivity contribution in [2.45, 2.75) is 19.9 Å². The Hall–Kier alpha value is -3.56. The summed E-state index contributed by atoms with van der Waals surface area (Å²) in [5.41, 5.74) is 3.84. The summed E-state index contributed by atoms with van der Waals surface area (Å²) in [6.45, 7) is 6.25. The van der Waals surface area contributed by atoms with E-state index in [0.717, 1.165) is 28.2 Å². The number of nitrogens with one attached hydrogen (secondary N) is 2. The van der Waals surface area contributed by atoms with Crippen LogP contribution in [0, 0.1) is 0 Å². The Bertz CT molecular complexity index is 1050. The number of hydrogen-bond acceptors (Lipinski definition) is 5. The average molecular weight is 411 g/mol. The molecule has 0 spiro atoms. The summed E-state index contributed by atoms with van der Waals surface area (Å²) >= 11 is 0. The third-order valence-electron chi connectivity index (χ3n) is 5.19. The molecule has 1 aliphatic heterocycles. The topological polar surface area (TPSA) is 119 Å². The van der Waals surface area contributed by atoms with Crippen LogP contribution in [0.4, 0.5) is 10.5 Å². The van der Waals surface area contributed by atoms with E-state index in [-0.39, 0.29) is 18.6 Å². The second-order valence-electron chi connectivity index (χ2n) is 7.58. The van der Waals surface area contributed by atoms with Gasteiger partial charge in [-0.2, -0.15) is 5.10 Å². The van der Waals surface area contributed by atoms with E-state index in [9.17, 15) is 9.59 Å². The maximum atomic E-state index is 12.0. The number of fused-ring (bicyclic) bond motifs is 1. The van der Waals surface area contributed by atoms with E-state index in [2.05, 4.69) is 46.3 Å². The minimum absolute atomic E-state index is 0.242. The molecule has 1 fully saturated rings. The Kier molecular flexibility index (Phi) is 5.30. The van der Waals surface area contributed by atoms with Crippen LogP contribution < -0.4 is 10.2 Å². The number of aliphatic carboxylic acids is 1. The van der Waals surface area contributed by atoms with Crippen molar-refractivity contribution in [2.75, 3.05) is 37.6 Å². The molecule has 158 valence electrons. The van der Waals surface area contributed by atoms with Gasteiger partial charge in [0.05, 0.1) is 6.20 Å². The van der Waals surface area contributed by atoms with E-state index in [1.165, 1.54) is 0 Å². The first-order valence-electron chi connectivity index (χ1n) is 9.95. The average Bonchev–Trinajstić information content (AvgIpc) is 3.33. The molecule has 3 N–H and O–H groups in total. The number of benzene rings is 1. The largest absolute Gasteiger partial charge is 0.480 e. The van der Waals surface area contributed by atoms with Crippen LogP contribution in [0.5, 0.6) is 0 Å². The van der Waals surface area contributed by atoms with Gasteiger partial charge in [-0.1, -0.05) is 0 Å². The SMILES string of the molecule is CC(C)n1ncc2[nH]c(-c3ccc(N4CCN(C(=O)NCC(=O)O)CC4)cc3)nc21. The summed E-state index contributed by atoms with van der Waals surface area (Å²) in [6, 6.07) is 8.08. The zero-order chi connectivity index (χ0) is 21.3. The van der Waals surface area contributed by atoms with Crippen molar-refractivity contribution in [3.8, 4) is 11.4 Å². The molecule has 4 rings (SSSR count). The normalized spacial score (nSPS) is 14.5. The molecule has 1 aromatic carbocycles. The second-order valence-corrected chi connectivity index (χ2v) is 7.58. The number of urea groups is 1. The molecular formula is C20H25N7O3. The number of carboxylic acids is 1. The summed E-state index contributed by atoms with van der Waals surface area (Å²) in [5, 5.41) is 15.4. The van der Waals surface area contributed by atoms with Crippen molar-refractivity contribution in [3.05, 3.63) is 30.5 Å². The number of nitrogens with zero attached hydrogens (tertiary/aromatic N) is 5. The Balaban J connectivity index is 1.40. The van der Waals surface area contributed by atoms with Gasteiger partial charge in [0.1, 0.15) is 17.9 Å². The van der Waals surface area contributed by atoms with Crippen molar-refractivity contribution in [2.24, 2.45) is 0 Å². The van der Waals surface area contributed by atoms with Crippen LogP contribution in [-0.4, -0.2) is 74.5 Å². The van der Waals surface area contributed by atoms with Crippen LogP contribution in [0.25, 0.3) is 22.6 Å². The van der Waals surface area contributed by atoms with Gasteiger partial charge in [0.2, 0.25) is 0 Å². The summed E-state index contributed by atoms with van der Waals surface area (Å²) in [5.74, 6) is -0.240. The number of imidazole rings is 1. The fourth-order valence-electron chi connectivity index (χ4n) is 3.59. The van der Waals surface area contributed by atoms with E-state index in [1.807, 2.05) is 16.8 Å². The molecule has 0 radical (unpaired) electrons. The highest BCUT2D eigenvalue weighted by molar-refractivity contribution is 5.80. The number of piperazine rings is 1. The highest BCUT2D eigenvalue weighted by atomic mass is 16.4. The number of amides is 2. The molecule has 0 unspecified atom stereocenters. The van der Waals surface area contributed by atoms with Crippen LogP contribution >= 0.6 is 0 Å². The monoisotopic (exact) mass is 411 g/mol. The summed E-state index contributed by atoms with van der Waals surface area (Å²) in [4.78, 5) is 34.4. The first-order chi connectivity index (χ1) is 14.4. The molecule has 3 heterocycles. The number of carbonyl (C=O) groups is 2. The van der Waals surface area contributed by atoms with Gasteiger partial charge >= 0.3 is 12.0 Å². The summed E-state index contributed by atoms with van der Waals surface area (Å²) in [6.07, 6.45) is 1.80. The Morgan fingerprint density at radius 3 is 2.50 bits per heavy atom. The van der Waals surface area contributed by atoms with E-state index in [4.69, 9.17) is 10.1 Å². The number of carboxylic acid groups (broad SMARTS) is 1. The van der Waals surface area contributed by atoms with E-state index in [0.29, 0.717) is 26.2 Å². The molecule has 10 heteroatoms. The second kappa shape index (κ2) is 8.05. The molecular weight excluding hydrogens is 386 g/mol. The lowest BCUT2D eigenvalue weighted by atomic mass is 10.1. The number of aromatic amines is 1. The molecule has 2 amide bonds. The van der Waals surface area contributed by atoms with E-state index < -0.39 is 5.97 Å². The minimum atomic E-state index is -1.05. The van der Waals surface area contributed by atoms with Gasteiger partial charge in [0.25, 0.3) is 0 Å². The maximum absolute atomic E-state index is 12.0. The lowest BCUT2D eigenvalue weighted by Crippen LogP contribution is -2.52. The van der Waals surface area contributed by atoms with Crippen LogP contribution in [0.1, 0.15) is 19.9 Å². The highest BCUT2D eigenvalue weighted by Crippen LogP contribution is 2.25. The fraction of sp³-hybridized carbons (Fsp3) is 0.400. The minimum Gasteiger partial charge on any atom is -0.480 e. The third-order valence-corrected chi connectivity index (χ3v) is 5.19. The van der Waals surface area contributed by atoms with Crippen molar-refractivity contribution in [1.29, 1.82) is 0 Å². The van der Waals surface area contributed by atoms with E-state index >= 15 is 0 Å². The predicted molar refractivity (Wildman–Crippen MR) is 113 cm³/mol. The van der Waals surface area contributed by atoms with Gasteiger partial charge in [-0.25, -0.2) is 14.5 Å². The van der Waals surface area contributed by atoms with Crippen LogP contribution in [-0.2, 0) is 4.79 Å². The Morgan fingerprint density at radius 2 is 1.87 bits per heavy atom. The molecule has 1 saturated heterocycles. The van der Waals surface area contributed by atoms with Gasteiger partial charge in [-0.15, -0.1) is 0 Å². The Labute approximate surface area is 173 Å². The maximum Gasteiger partial charge on any atom is 0.323 e. The zero-order valence-electron chi connectivity index (χ0n) is 17.0. The molecule has 0 aliphatic carbocycles. The summed E-state index contributed by atoms with van der Waals surface area (Å²) < 4.78 is 1.90. The lowest BCUT2D eigenvalue weighted by molar-refractivity contribution is -0.135. The standard InChI is InChI=1S/C20H25N7O3/c1-13(2)27-19-16(11-22-27)23-18(24-19)14-3-5-15(6-4-14)25-7-9-26(10-8-25)20(30)21-12-17(28)29/h3-6,11,13H,7-10,12H2,1-2H3,(H,21,30)(H,23,24)(H,28,29). The summed E-state index contributed by atoms with van der Waals surface area (Å²) in [7, 11) is 0. The molecule has 10 nitrogen and oxygen atoms in total. The molecule has 1 aliphatic rings. The quantitative estimate of drug-likeness (QED) is 0.590. The number of hydrogen-bond donors (Lipinski definition) is 3. The molecule has 30 heavy (non-hydrogen) atoms. The van der Waals surface area contributed by atoms with Crippen molar-refractivity contribution >= 4 is 28.9 Å². The third kappa shape index (κ3) is 3.93. The number of carbonyl (C=O) groups excluding carboxylic acids is 1. The Morgan fingerprint density at radius 1 is 1.17 bits per heavy atom. The van der Waals surface area contributed by atoms with Crippen LogP contribution in [0.3, 0.4) is 0 Å². The number of rotatable bonds is 5. The highest BCUT2D eigenvalue weighted by Gasteiger charge is 2.21. The van der Waals surface area contributed by atoms with Gasteiger partial charge in [0, 0.05) is 43.5 Å². The van der Waals surface area contributed by atoms with E-state index in [1.54, 1.807) is 11.1 Å². The van der Waals surface area contributed by atoms with Crippen molar-refractivity contribution in [1.82, 2.24) is 30.0 Å². The smallest absolute Gasteiger partial charge is 0.323 e. The molecule has 3 aromatic rings. The van der Waals surface area contributed by atoms with Crippen LogP contribution in [0.2, 0.25) is 0 Å². The number of aromatic nitrogens is 4. The molecule has 2 aromatic heterocycles. The zero-order valence-corrected chi connectivity index (χ0v) is 17.0. The first-order valence-corrected chi connectivity index (χ1v) is 9.95. The van der Waals surface area contributed by atoms with Gasteiger partial charge in [0.15, 0.2) is 5.65 Å². The van der Waals surface area contributed by atoms with Gasteiger partial charge < -0.3 is 25.2 Å². The van der Waals surface area contributed by atoms with Crippen molar-refractivity contribution in [3.63, 3.8) is 0 Å². The van der Waals surface area contributed by atoms with Gasteiger partial charge in [-0.3, -0.25) is 4.79 Å². The van der Waals surface area contributed by atoms with Gasteiger partial charge in [-0.05, 0) is 38.1 Å². The van der Waals surface area contributed by atoms with Crippen LogP contribution in [0.15, 0.2) is 30.5 Å². The lowest BCUT2D eigenvalue weighted by Gasteiger charge is -2.36. The molecule has 0 atom stereocenters. The van der Waals surface area contributed by atoms with Crippen molar-refractivity contribution < 1.29 is 14.7 Å². The predicted octanol–water partition coefficient (Wildman–Crippen LogP) is 1.92.